The van der Waals surface area contributed by atoms with E-state index < -0.39 is 5.97 Å². The number of hydrogen-bond acceptors (Lipinski definition) is 2. The number of rotatable bonds is 5. The number of carbonyl (C=O) groups is 1. The van der Waals surface area contributed by atoms with Crippen molar-refractivity contribution in [3.05, 3.63) is 52.5 Å². The minimum atomic E-state index is -0.650. The molecule has 4 rings (SSSR count). The largest absolute Gasteiger partial charge is 0.487 e. The smallest absolute Gasteiger partial charge is 0.306 e. The summed E-state index contributed by atoms with van der Waals surface area (Å²) in [5.74, 6) is 0.514. The van der Waals surface area contributed by atoms with Gasteiger partial charge in [0, 0.05) is 22.6 Å². The van der Waals surface area contributed by atoms with Crippen molar-refractivity contribution < 1.29 is 14.6 Å². The number of carboxylic acid groups (broad SMARTS) is 1. The van der Waals surface area contributed by atoms with Gasteiger partial charge in [0.05, 0.1) is 5.92 Å². The molecule has 0 saturated heterocycles. The van der Waals surface area contributed by atoms with Gasteiger partial charge in [-0.25, -0.2) is 0 Å². The average Bonchev–Trinajstić information content (AvgIpc) is 3.29. The highest BCUT2D eigenvalue weighted by Gasteiger charge is 2.42. The van der Waals surface area contributed by atoms with Crippen LogP contribution in [0.15, 0.2) is 36.4 Å². The lowest BCUT2D eigenvalue weighted by Crippen LogP contribution is -2.24. The van der Waals surface area contributed by atoms with Crippen molar-refractivity contribution in [2.75, 3.05) is 0 Å². The molecule has 2 atom stereocenters. The van der Waals surface area contributed by atoms with Gasteiger partial charge in [-0.15, -0.1) is 0 Å². The molecule has 0 unspecified atom stereocenters. The van der Waals surface area contributed by atoms with Crippen molar-refractivity contribution in [3.63, 3.8) is 0 Å². The molecule has 0 bridgehead atoms. The molecule has 1 aliphatic heterocycles. The van der Waals surface area contributed by atoms with Gasteiger partial charge in [-0.05, 0) is 62.3 Å². The average molecular weight is 371 g/mol. The number of halogens is 1. The summed E-state index contributed by atoms with van der Waals surface area (Å²) in [6.07, 6.45) is 3.56. The second-order valence-electron chi connectivity index (χ2n) is 8.16. The van der Waals surface area contributed by atoms with Gasteiger partial charge in [0.2, 0.25) is 0 Å². The van der Waals surface area contributed by atoms with Crippen molar-refractivity contribution in [1.29, 1.82) is 0 Å². The van der Waals surface area contributed by atoms with E-state index in [1.54, 1.807) is 0 Å². The lowest BCUT2D eigenvalue weighted by molar-refractivity contribution is -0.138. The van der Waals surface area contributed by atoms with Gasteiger partial charge in [-0.3, -0.25) is 4.79 Å². The van der Waals surface area contributed by atoms with Crippen molar-refractivity contribution in [2.24, 2.45) is 11.8 Å². The first-order valence-electron chi connectivity index (χ1n) is 9.16. The predicted molar refractivity (Wildman–Crippen MR) is 103 cm³/mol. The van der Waals surface area contributed by atoms with Crippen molar-refractivity contribution in [2.45, 2.75) is 45.1 Å². The Morgan fingerprint density at radius 2 is 2.00 bits per heavy atom. The fraction of sp³-hybridized carbons (Fsp3) is 0.409. The Bertz CT molecular complexity index is 854. The summed E-state index contributed by atoms with van der Waals surface area (Å²) >= 11 is 6.33. The third-order valence-corrected chi connectivity index (χ3v) is 5.65. The molecule has 1 fully saturated rings. The Kier molecular flexibility index (Phi) is 4.23. The van der Waals surface area contributed by atoms with E-state index >= 15 is 0 Å². The summed E-state index contributed by atoms with van der Waals surface area (Å²) in [6, 6.07) is 12.4. The number of hydrogen-bond donors (Lipinski definition) is 1. The molecule has 26 heavy (non-hydrogen) atoms. The number of ether oxygens (including phenoxy) is 1. The number of aliphatic carboxylic acids is 1. The number of benzene rings is 2. The van der Waals surface area contributed by atoms with Gasteiger partial charge in [-0.1, -0.05) is 35.9 Å². The first-order chi connectivity index (χ1) is 12.3. The first-order valence-corrected chi connectivity index (χ1v) is 9.54. The van der Waals surface area contributed by atoms with Crippen LogP contribution in [0.5, 0.6) is 5.75 Å². The molecule has 3 nitrogen and oxygen atoms in total. The molecule has 1 saturated carbocycles. The van der Waals surface area contributed by atoms with Crippen LogP contribution in [0.4, 0.5) is 0 Å². The van der Waals surface area contributed by atoms with E-state index in [4.69, 9.17) is 21.4 Å². The lowest BCUT2D eigenvalue weighted by atomic mass is 9.96. The third-order valence-electron chi connectivity index (χ3n) is 5.43. The summed E-state index contributed by atoms with van der Waals surface area (Å²) < 4.78 is 6.17. The van der Waals surface area contributed by atoms with E-state index in [9.17, 15) is 4.79 Å². The van der Waals surface area contributed by atoms with Gasteiger partial charge >= 0.3 is 5.97 Å². The normalized spacial score (nSPS) is 22.6. The SMILES string of the molecule is CC1(C)Cc2cc(Cl)cc(-c3ccc(CC[C@@H]4C[C@H]4C(=O)O)cc3)c2O1. The van der Waals surface area contributed by atoms with Crippen LogP contribution in [0.1, 0.15) is 37.8 Å². The Morgan fingerprint density at radius 1 is 1.27 bits per heavy atom. The maximum Gasteiger partial charge on any atom is 0.306 e. The standard InChI is InChI=1S/C22H23ClO3/c1-22(2)12-16-9-17(23)11-18(20(16)26-22)14-6-3-13(4-7-14)5-8-15-10-19(15)21(24)25/h3-4,6-7,9,11,15,19H,5,8,10,12H2,1-2H3,(H,24,25)/t15-,19-/m1/s1. The van der Waals surface area contributed by atoms with E-state index in [2.05, 4.69) is 38.1 Å². The molecule has 2 aromatic rings. The molecule has 1 aliphatic carbocycles. The first kappa shape index (κ1) is 17.4. The van der Waals surface area contributed by atoms with Crippen molar-refractivity contribution in [3.8, 4) is 16.9 Å². The number of carboxylic acids is 1. The lowest BCUT2D eigenvalue weighted by Gasteiger charge is -2.18. The van der Waals surface area contributed by atoms with E-state index in [-0.39, 0.29) is 11.5 Å². The van der Waals surface area contributed by atoms with Crippen molar-refractivity contribution in [1.82, 2.24) is 0 Å². The van der Waals surface area contributed by atoms with Crippen LogP contribution in [-0.2, 0) is 17.6 Å². The Hall–Kier alpha value is -2.00. The van der Waals surface area contributed by atoms with Crippen LogP contribution in [0.2, 0.25) is 5.02 Å². The molecule has 0 spiro atoms. The maximum atomic E-state index is 10.9. The minimum absolute atomic E-state index is 0.121. The number of aryl methyl sites for hydroxylation is 1. The highest BCUT2D eigenvalue weighted by Crippen LogP contribution is 2.44. The zero-order valence-electron chi connectivity index (χ0n) is 15.1. The quantitative estimate of drug-likeness (QED) is 0.769. The molecule has 0 aromatic heterocycles. The van der Waals surface area contributed by atoms with E-state index in [0.29, 0.717) is 5.92 Å². The molecule has 0 radical (unpaired) electrons. The van der Waals surface area contributed by atoms with Crippen LogP contribution >= 0.6 is 11.6 Å². The summed E-state index contributed by atoms with van der Waals surface area (Å²) in [5, 5.41) is 9.73. The van der Waals surface area contributed by atoms with E-state index in [0.717, 1.165) is 53.1 Å². The van der Waals surface area contributed by atoms with Crippen LogP contribution in [0, 0.1) is 11.8 Å². The van der Waals surface area contributed by atoms with Crippen molar-refractivity contribution >= 4 is 17.6 Å². The van der Waals surface area contributed by atoms with Gasteiger partial charge in [0.1, 0.15) is 11.4 Å². The van der Waals surface area contributed by atoms with Gasteiger partial charge < -0.3 is 9.84 Å². The highest BCUT2D eigenvalue weighted by atomic mass is 35.5. The molecule has 4 heteroatoms. The highest BCUT2D eigenvalue weighted by molar-refractivity contribution is 6.31. The van der Waals surface area contributed by atoms with Crippen LogP contribution in [0.3, 0.4) is 0 Å². The molecule has 0 amide bonds. The molecular weight excluding hydrogens is 348 g/mol. The maximum absolute atomic E-state index is 10.9. The molecular formula is C22H23ClO3. The van der Waals surface area contributed by atoms with Gasteiger partial charge in [-0.2, -0.15) is 0 Å². The zero-order valence-corrected chi connectivity index (χ0v) is 15.8. The molecule has 2 aromatic carbocycles. The van der Waals surface area contributed by atoms with Gasteiger partial charge in [0.15, 0.2) is 0 Å². The monoisotopic (exact) mass is 370 g/mol. The molecule has 1 heterocycles. The van der Waals surface area contributed by atoms with E-state index in [1.807, 2.05) is 12.1 Å². The van der Waals surface area contributed by atoms with Crippen LogP contribution in [0.25, 0.3) is 11.1 Å². The number of fused-ring (bicyclic) bond motifs is 1. The fourth-order valence-electron chi connectivity index (χ4n) is 3.96. The Morgan fingerprint density at radius 3 is 2.65 bits per heavy atom. The fourth-order valence-corrected chi connectivity index (χ4v) is 4.20. The predicted octanol–water partition coefficient (Wildman–Crippen LogP) is 5.37. The van der Waals surface area contributed by atoms with E-state index in [1.165, 1.54) is 5.56 Å². The molecule has 1 N–H and O–H groups in total. The Labute approximate surface area is 158 Å². The summed E-state index contributed by atoms with van der Waals surface area (Å²) in [4.78, 5) is 10.9. The minimum Gasteiger partial charge on any atom is -0.487 e. The summed E-state index contributed by atoms with van der Waals surface area (Å²) in [5.41, 5.74) is 4.34. The molecule has 136 valence electrons. The third kappa shape index (κ3) is 3.45. The van der Waals surface area contributed by atoms with Gasteiger partial charge in [0.25, 0.3) is 0 Å². The second-order valence-corrected chi connectivity index (χ2v) is 8.59. The zero-order chi connectivity index (χ0) is 18.5. The second kappa shape index (κ2) is 6.31. The summed E-state index contributed by atoms with van der Waals surface area (Å²) in [6.45, 7) is 4.19. The Balaban J connectivity index is 1.51. The topological polar surface area (TPSA) is 46.5 Å². The van der Waals surface area contributed by atoms with Crippen LogP contribution in [-0.4, -0.2) is 16.7 Å². The molecule has 2 aliphatic rings. The summed E-state index contributed by atoms with van der Waals surface area (Å²) in [7, 11) is 0. The van der Waals surface area contributed by atoms with Crippen LogP contribution < -0.4 is 4.74 Å².